The van der Waals surface area contributed by atoms with Gasteiger partial charge in [0.2, 0.25) is 0 Å². The normalized spacial score (nSPS) is 14.8. The maximum absolute atomic E-state index is 14.6. The molecule has 0 saturated heterocycles. The van der Waals surface area contributed by atoms with Crippen molar-refractivity contribution in [1.82, 2.24) is 10.3 Å². The van der Waals surface area contributed by atoms with Crippen molar-refractivity contribution in [3.05, 3.63) is 53.3 Å². The summed E-state index contributed by atoms with van der Waals surface area (Å²) in [6, 6.07) is 10.8. The van der Waals surface area contributed by atoms with Crippen LogP contribution in [0.1, 0.15) is 48.0 Å². The highest BCUT2D eigenvalue weighted by atomic mass is 32.2. The van der Waals surface area contributed by atoms with Crippen LogP contribution in [0.15, 0.2) is 36.4 Å². The summed E-state index contributed by atoms with van der Waals surface area (Å²) in [6.45, 7) is 1.67. The molecule has 2 aromatic carbocycles. The van der Waals surface area contributed by atoms with Crippen LogP contribution in [0.4, 0.5) is 4.39 Å². The molecule has 1 aliphatic carbocycles. The molecule has 1 fully saturated rings. The summed E-state index contributed by atoms with van der Waals surface area (Å²) in [6.07, 6.45) is 6.02. The summed E-state index contributed by atoms with van der Waals surface area (Å²) < 4.78 is 19.8. The molecule has 0 heterocycles. The first-order valence-corrected chi connectivity index (χ1v) is 10.1. The lowest BCUT2D eigenvalue weighted by Gasteiger charge is -2.21. The van der Waals surface area contributed by atoms with E-state index in [1.807, 2.05) is 24.3 Å². The summed E-state index contributed by atoms with van der Waals surface area (Å²) in [5.74, 6) is -0.252. The Hall–Kier alpha value is -2.05. The van der Waals surface area contributed by atoms with E-state index >= 15 is 0 Å². The first kappa shape index (κ1) is 19.7. The monoisotopic (exact) mass is 388 g/mol. The van der Waals surface area contributed by atoms with Gasteiger partial charge in [0, 0.05) is 5.25 Å². The highest BCUT2D eigenvalue weighted by Crippen LogP contribution is 2.28. The van der Waals surface area contributed by atoms with Crippen LogP contribution in [0.5, 0.6) is 5.75 Å². The van der Waals surface area contributed by atoms with Gasteiger partial charge in [-0.25, -0.2) is 4.39 Å². The van der Waals surface area contributed by atoms with Crippen molar-refractivity contribution in [2.24, 2.45) is 0 Å². The number of nitrogens with one attached hydrogen (secondary N) is 2. The van der Waals surface area contributed by atoms with E-state index < -0.39 is 11.7 Å². The molecule has 1 amide bonds. The van der Waals surface area contributed by atoms with Gasteiger partial charge < -0.3 is 4.74 Å². The third kappa shape index (κ3) is 5.02. The van der Waals surface area contributed by atoms with E-state index in [0.717, 1.165) is 24.0 Å². The zero-order valence-corrected chi connectivity index (χ0v) is 16.5. The second kappa shape index (κ2) is 9.24. The number of halogens is 1. The van der Waals surface area contributed by atoms with Gasteiger partial charge in [-0.1, -0.05) is 43.3 Å². The Morgan fingerprint density at radius 3 is 2.67 bits per heavy atom. The van der Waals surface area contributed by atoms with Crippen molar-refractivity contribution in [3.8, 4) is 16.9 Å². The zero-order valence-electron chi connectivity index (χ0n) is 15.7. The Bertz CT molecular complexity index is 807. The van der Waals surface area contributed by atoms with Gasteiger partial charge in [0.25, 0.3) is 5.91 Å². The molecule has 1 saturated carbocycles. The molecule has 2 N–H and O–H groups in total. The van der Waals surface area contributed by atoms with Gasteiger partial charge in [-0.15, -0.1) is 0 Å². The maximum Gasteiger partial charge on any atom is 0.269 e. The van der Waals surface area contributed by atoms with Crippen LogP contribution in [0, 0.1) is 12.7 Å². The minimum absolute atomic E-state index is 0.0320. The standard InChI is InChI=1S/C21H25FN2O2S/c1-14-11-16(15-7-6-8-17(12-15)26-2)13-19(20(14)22)21(25)23-24-27-18-9-4-3-5-10-18/h6-8,11-13,18,24H,3-5,9-10H2,1-2H3,(H,23,25). The van der Waals surface area contributed by atoms with Gasteiger partial charge in [-0.3, -0.25) is 10.2 Å². The average molecular weight is 389 g/mol. The zero-order chi connectivity index (χ0) is 19.2. The van der Waals surface area contributed by atoms with E-state index in [1.165, 1.54) is 31.2 Å². The average Bonchev–Trinajstić information content (AvgIpc) is 2.70. The molecule has 0 spiro atoms. The molecular formula is C21H25FN2O2S. The SMILES string of the molecule is COc1cccc(-c2cc(C)c(F)c(C(=O)NNSC3CCCCC3)c2)c1. The molecule has 144 valence electrons. The fraction of sp³-hybridized carbons (Fsp3) is 0.381. The number of hydrogen-bond donors (Lipinski definition) is 2. The van der Waals surface area contributed by atoms with E-state index in [-0.39, 0.29) is 5.56 Å². The van der Waals surface area contributed by atoms with Crippen LogP contribution >= 0.6 is 11.9 Å². The number of hydrogen-bond acceptors (Lipinski definition) is 4. The highest BCUT2D eigenvalue weighted by molar-refractivity contribution is 7.98. The second-order valence-electron chi connectivity index (χ2n) is 6.82. The lowest BCUT2D eigenvalue weighted by Crippen LogP contribution is -2.35. The summed E-state index contributed by atoms with van der Waals surface area (Å²) in [7, 11) is 1.60. The molecular weight excluding hydrogens is 363 g/mol. The maximum atomic E-state index is 14.6. The molecule has 2 aromatic rings. The number of benzene rings is 2. The summed E-state index contributed by atoms with van der Waals surface area (Å²) in [5, 5.41) is 0.494. The molecule has 6 heteroatoms. The Kier molecular flexibility index (Phi) is 6.74. The van der Waals surface area contributed by atoms with E-state index in [9.17, 15) is 9.18 Å². The highest BCUT2D eigenvalue weighted by Gasteiger charge is 2.18. The van der Waals surface area contributed by atoms with E-state index in [2.05, 4.69) is 10.3 Å². The van der Waals surface area contributed by atoms with E-state index in [0.29, 0.717) is 16.6 Å². The molecule has 0 atom stereocenters. The molecule has 0 aliphatic heterocycles. The summed E-state index contributed by atoms with van der Waals surface area (Å²) in [4.78, 5) is 15.4. The number of aryl methyl sites for hydroxylation is 1. The first-order chi connectivity index (χ1) is 13.1. The third-order valence-electron chi connectivity index (χ3n) is 4.84. The van der Waals surface area contributed by atoms with Gasteiger partial charge in [0.1, 0.15) is 11.6 Å². The van der Waals surface area contributed by atoms with Gasteiger partial charge in [0.05, 0.1) is 12.7 Å². The number of rotatable bonds is 6. The Labute approximate surface area is 164 Å². The van der Waals surface area contributed by atoms with Gasteiger partial charge in [-0.05, 0) is 60.7 Å². The van der Waals surface area contributed by atoms with Crippen LogP contribution in [0.3, 0.4) is 0 Å². The minimum Gasteiger partial charge on any atom is -0.497 e. The second-order valence-corrected chi connectivity index (χ2v) is 7.93. The van der Waals surface area contributed by atoms with Crippen molar-refractivity contribution >= 4 is 17.9 Å². The van der Waals surface area contributed by atoms with Gasteiger partial charge >= 0.3 is 0 Å². The quantitative estimate of drug-likeness (QED) is 0.539. The number of carbonyl (C=O) groups is 1. The van der Waals surface area contributed by atoms with Crippen molar-refractivity contribution in [2.45, 2.75) is 44.3 Å². The number of hydrazine groups is 1. The molecule has 0 aromatic heterocycles. The van der Waals surface area contributed by atoms with Crippen molar-refractivity contribution in [3.63, 3.8) is 0 Å². The molecule has 0 radical (unpaired) electrons. The van der Waals surface area contributed by atoms with Crippen LogP contribution < -0.4 is 15.0 Å². The Balaban J connectivity index is 1.73. The van der Waals surface area contributed by atoms with Crippen molar-refractivity contribution in [2.75, 3.05) is 7.11 Å². The Morgan fingerprint density at radius 1 is 1.15 bits per heavy atom. The molecule has 27 heavy (non-hydrogen) atoms. The van der Waals surface area contributed by atoms with Crippen molar-refractivity contribution in [1.29, 1.82) is 0 Å². The molecule has 0 unspecified atom stereocenters. The molecule has 4 nitrogen and oxygen atoms in total. The number of methoxy groups -OCH3 is 1. The first-order valence-electron chi connectivity index (χ1n) is 9.24. The largest absolute Gasteiger partial charge is 0.497 e. The topological polar surface area (TPSA) is 50.4 Å². The van der Waals surface area contributed by atoms with Gasteiger partial charge in [0.15, 0.2) is 0 Å². The Morgan fingerprint density at radius 2 is 1.93 bits per heavy atom. The number of amides is 1. The van der Waals surface area contributed by atoms with E-state index in [1.54, 1.807) is 26.2 Å². The van der Waals surface area contributed by atoms with Crippen molar-refractivity contribution < 1.29 is 13.9 Å². The predicted molar refractivity (Wildman–Crippen MR) is 108 cm³/mol. The van der Waals surface area contributed by atoms with E-state index in [4.69, 9.17) is 4.74 Å². The molecule has 0 bridgehead atoms. The number of ether oxygens (including phenoxy) is 1. The smallest absolute Gasteiger partial charge is 0.269 e. The summed E-state index contributed by atoms with van der Waals surface area (Å²) >= 11 is 1.52. The van der Waals surface area contributed by atoms with Crippen LogP contribution in [0.25, 0.3) is 11.1 Å². The third-order valence-corrected chi connectivity index (χ3v) is 5.87. The fourth-order valence-corrected chi connectivity index (χ4v) is 4.20. The van der Waals surface area contributed by atoms with Crippen LogP contribution in [-0.4, -0.2) is 18.3 Å². The predicted octanol–water partition coefficient (Wildman–Crippen LogP) is 5.03. The van der Waals surface area contributed by atoms with Crippen LogP contribution in [-0.2, 0) is 0 Å². The fourth-order valence-electron chi connectivity index (χ4n) is 3.31. The molecule has 3 rings (SSSR count). The molecule has 1 aliphatic rings. The van der Waals surface area contributed by atoms with Gasteiger partial charge in [-0.2, -0.15) is 4.83 Å². The summed E-state index contributed by atoms with van der Waals surface area (Å²) in [5.41, 5.74) is 4.73. The van der Waals surface area contributed by atoms with Crippen LogP contribution in [0.2, 0.25) is 0 Å². The minimum atomic E-state index is -0.497. The lowest BCUT2D eigenvalue weighted by atomic mass is 9.99. The number of carbonyl (C=O) groups excluding carboxylic acids is 1. The lowest BCUT2D eigenvalue weighted by molar-refractivity contribution is 0.0942.